The Balaban J connectivity index is 2.01. The number of ether oxygens (including phenoxy) is 2. The molecule has 1 aromatic heterocycles. The quantitative estimate of drug-likeness (QED) is 0.365. The molecule has 0 spiro atoms. The van der Waals surface area contributed by atoms with Crippen LogP contribution in [0.1, 0.15) is 16.8 Å². The molecule has 0 aliphatic rings. The van der Waals surface area contributed by atoms with Gasteiger partial charge in [0.05, 0.1) is 29.4 Å². The van der Waals surface area contributed by atoms with Crippen molar-refractivity contribution < 1.29 is 19.2 Å². The van der Waals surface area contributed by atoms with E-state index in [1.54, 1.807) is 31.3 Å². The average Bonchev–Trinajstić information content (AvgIpc) is 3.17. The second-order valence-electron chi connectivity index (χ2n) is 7.09. The second kappa shape index (κ2) is 9.71. The first-order valence-corrected chi connectivity index (χ1v) is 10.4. The highest BCUT2D eigenvalue weighted by molar-refractivity contribution is 7.22. The smallest absolute Gasteiger partial charge is 0.270 e. The molecule has 164 valence electrons. The number of hydrogen-bond donors (Lipinski definition) is 0. The van der Waals surface area contributed by atoms with Crippen molar-refractivity contribution in [3.8, 4) is 11.5 Å². The van der Waals surface area contributed by atoms with Gasteiger partial charge in [0.2, 0.25) is 0 Å². The maximum atomic E-state index is 13.3. The van der Waals surface area contributed by atoms with Gasteiger partial charge in [-0.1, -0.05) is 17.4 Å². The van der Waals surface area contributed by atoms with Crippen molar-refractivity contribution in [1.29, 1.82) is 0 Å². The summed E-state index contributed by atoms with van der Waals surface area (Å²) < 4.78 is 11.6. The van der Waals surface area contributed by atoms with E-state index in [0.717, 1.165) is 17.7 Å². The number of benzene rings is 2. The van der Waals surface area contributed by atoms with Gasteiger partial charge in [-0.25, -0.2) is 4.98 Å². The van der Waals surface area contributed by atoms with E-state index < -0.39 is 4.92 Å². The van der Waals surface area contributed by atoms with Crippen LogP contribution in [0.15, 0.2) is 36.4 Å². The van der Waals surface area contributed by atoms with E-state index in [1.807, 2.05) is 25.1 Å². The topological polar surface area (TPSA) is 98.0 Å². The number of nitro benzene ring substituents is 1. The lowest BCUT2D eigenvalue weighted by molar-refractivity contribution is -0.384. The SMILES string of the molecule is COc1cc2nc(N(CCCN(C)C)C(=O)c3cccc([N+](=O)[O-])c3)sc2cc1OC. The Morgan fingerprint density at radius 1 is 1.13 bits per heavy atom. The molecule has 3 aromatic rings. The summed E-state index contributed by atoms with van der Waals surface area (Å²) in [7, 11) is 7.04. The number of fused-ring (bicyclic) bond motifs is 1. The average molecular weight is 445 g/mol. The molecule has 0 N–H and O–H groups in total. The normalized spacial score (nSPS) is 11.0. The van der Waals surface area contributed by atoms with Crippen LogP contribution in [0.25, 0.3) is 10.2 Å². The summed E-state index contributed by atoms with van der Waals surface area (Å²) >= 11 is 1.36. The Kier molecular flexibility index (Phi) is 7.03. The van der Waals surface area contributed by atoms with Crippen LogP contribution in [0.2, 0.25) is 0 Å². The third kappa shape index (κ3) is 5.09. The molecule has 0 bridgehead atoms. The van der Waals surface area contributed by atoms with Gasteiger partial charge < -0.3 is 14.4 Å². The number of anilines is 1. The van der Waals surface area contributed by atoms with Crippen LogP contribution in [-0.4, -0.2) is 62.1 Å². The number of carbonyl (C=O) groups is 1. The molecular formula is C21H24N4O5S. The first-order chi connectivity index (χ1) is 14.8. The van der Waals surface area contributed by atoms with E-state index in [0.29, 0.717) is 28.7 Å². The highest BCUT2D eigenvalue weighted by Gasteiger charge is 2.23. The zero-order valence-corrected chi connectivity index (χ0v) is 18.6. The lowest BCUT2D eigenvalue weighted by Gasteiger charge is -2.21. The molecule has 1 heterocycles. The molecule has 0 fully saturated rings. The molecule has 31 heavy (non-hydrogen) atoms. The van der Waals surface area contributed by atoms with Crippen LogP contribution in [0, 0.1) is 10.1 Å². The van der Waals surface area contributed by atoms with Crippen molar-refractivity contribution >= 4 is 38.3 Å². The number of thiazole rings is 1. The summed E-state index contributed by atoms with van der Waals surface area (Å²) in [6.07, 6.45) is 0.718. The van der Waals surface area contributed by atoms with E-state index >= 15 is 0 Å². The van der Waals surface area contributed by atoms with Crippen LogP contribution in [0.4, 0.5) is 10.8 Å². The van der Waals surface area contributed by atoms with Crippen LogP contribution >= 0.6 is 11.3 Å². The van der Waals surface area contributed by atoms with Gasteiger partial charge in [0.1, 0.15) is 0 Å². The van der Waals surface area contributed by atoms with E-state index in [1.165, 1.54) is 29.5 Å². The van der Waals surface area contributed by atoms with Gasteiger partial charge in [0.25, 0.3) is 11.6 Å². The molecule has 0 aliphatic heterocycles. The van der Waals surface area contributed by atoms with Gasteiger partial charge >= 0.3 is 0 Å². The van der Waals surface area contributed by atoms with Gasteiger partial charge in [0.15, 0.2) is 16.6 Å². The van der Waals surface area contributed by atoms with E-state index in [2.05, 4.69) is 4.98 Å². The highest BCUT2D eigenvalue weighted by Crippen LogP contribution is 2.37. The van der Waals surface area contributed by atoms with E-state index in [4.69, 9.17) is 9.47 Å². The van der Waals surface area contributed by atoms with Crippen molar-refractivity contribution in [3.63, 3.8) is 0 Å². The summed E-state index contributed by atoms with van der Waals surface area (Å²) in [5, 5.41) is 11.7. The Morgan fingerprint density at radius 2 is 1.84 bits per heavy atom. The number of rotatable bonds is 9. The van der Waals surface area contributed by atoms with Crippen molar-refractivity contribution in [2.24, 2.45) is 0 Å². The molecular weight excluding hydrogens is 420 g/mol. The van der Waals surface area contributed by atoms with Crippen molar-refractivity contribution in [3.05, 3.63) is 52.1 Å². The number of methoxy groups -OCH3 is 2. The lowest BCUT2D eigenvalue weighted by atomic mass is 10.1. The number of carbonyl (C=O) groups excluding carboxylic acids is 1. The second-order valence-corrected chi connectivity index (χ2v) is 8.10. The summed E-state index contributed by atoms with van der Waals surface area (Å²) in [6.45, 7) is 1.21. The predicted octanol–water partition coefficient (Wildman–Crippen LogP) is 3.82. The fourth-order valence-electron chi connectivity index (χ4n) is 3.10. The molecule has 0 unspecified atom stereocenters. The monoisotopic (exact) mass is 444 g/mol. The minimum Gasteiger partial charge on any atom is -0.493 e. The molecule has 0 saturated carbocycles. The Morgan fingerprint density at radius 3 is 2.48 bits per heavy atom. The molecule has 10 heteroatoms. The largest absolute Gasteiger partial charge is 0.493 e. The van der Waals surface area contributed by atoms with Crippen molar-refractivity contribution in [1.82, 2.24) is 9.88 Å². The van der Waals surface area contributed by atoms with E-state index in [-0.39, 0.29) is 17.2 Å². The van der Waals surface area contributed by atoms with Gasteiger partial charge in [-0.05, 0) is 33.1 Å². The lowest BCUT2D eigenvalue weighted by Crippen LogP contribution is -2.33. The molecule has 0 radical (unpaired) electrons. The highest BCUT2D eigenvalue weighted by atomic mass is 32.1. The van der Waals surface area contributed by atoms with E-state index in [9.17, 15) is 14.9 Å². The first-order valence-electron chi connectivity index (χ1n) is 9.57. The Bertz CT molecular complexity index is 1060. The molecule has 2 aromatic carbocycles. The summed E-state index contributed by atoms with van der Waals surface area (Å²) in [5.74, 6) is 0.797. The maximum Gasteiger partial charge on any atom is 0.270 e. The number of hydrogen-bond acceptors (Lipinski definition) is 8. The zero-order valence-electron chi connectivity index (χ0n) is 17.8. The number of aromatic nitrogens is 1. The zero-order chi connectivity index (χ0) is 22.5. The summed E-state index contributed by atoms with van der Waals surface area (Å²) in [5.41, 5.74) is 0.799. The standard InChI is InChI=1S/C21H24N4O5S/c1-23(2)9-6-10-24(20(26)14-7-5-8-15(11-14)25(27)28)21-22-16-12-17(29-3)18(30-4)13-19(16)31-21/h5,7-8,11-13H,6,9-10H2,1-4H3. The molecule has 0 saturated heterocycles. The maximum absolute atomic E-state index is 13.3. The summed E-state index contributed by atoms with van der Waals surface area (Å²) in [4.78, 5) is 32.2. The van der Waals surface area contributed by atoms with Gasteiger partial charge in [0, 0.05) is 36.4 Å². The van der Waals surface area contributed by atoms with Crippen molar-refractivity contribution in [2.75, 3.05) is 46.3 Å². The Labute approximate surface area is 184 Å². The van der Waals surface area contributed by atoms with Gasteiger partial charge in [-0.15, -0.1) is 0 Å². The van der Waals surface area contributed by atoms with Gasteiger partial charge in [-0.3, -0.25) is 19.8 Å². The third-order valence-electron chi connectivity index (χ3n) is 4.65. The minimum absolute atomic E-state index is 0.127. The predicted molar refractivity (Wildman–Crippen MR) is 121 cm³/mol. The minimum atomic E-state index is -0.511. The van der Waals surface area contributed by atoms with Crippen LogP contribution in [0.3, 0.4) is 0 Å². The fourth-order valence-corrected chi connectivity index (χ4v) is 4.10. The molecule has 0 aliphatic carbocycles. The van der Waals surface area contributed by atoms with Crippen molar-refractivity contribution in [2.45, 2.75) is 6.42 Å². The Hall–Kier alpha value is -3.24. The summed E-state index contributed by atoms with van der Waals surface area (Å²) in [6, 6.07) is 9.34. The van der Waals surface area contributed by atoms with Crippen LogP contribution < -0.4 is 14.4 Å². The first kappa shape index (κ1) is 22.4. The number of nitro groups is 1. The number of nitrogens with zero attached hydrogens (tertiary/aromatic N) is 4. The number of non-ortho nitro benzene ring substituents is 1. The molecule has 9 nitrogen and oxygen atoms in total. The third-order valence-corrected chi connectivity index (χ3v) is 5.69. The number of amides is 1. The van der Waals surface area contributed by atoms with Crippen LogP contribution in [-0.2, 0) is 0 Å². The van der Waals surface area contributed by atoms with Gasteiger partial charge in [-0.2, -0.15) is 0 Å². The molecule has 0 atom stereocenters. The molecule has 3 rings (SSSR count). The molecule has 1 amide bonds. The van der Waals surface area contributed by atoms with Crippen LogP contribution in [0.5, 0.6) is 11.5 Å². The fraction of sp³-hybridized carbons (Fsp3) is 0.333.